The third-order valence-electron chi connectivity index (χ3n) is 3.04. The molecule has 1 heterocycles. The number of ether oxygens (including phenoxy) is 1. The van der Waals surface area contributed by atoms with Crippen molar-refractivity contribution in [3.05, 3.63) is 24.3 Å². The van der Waals surface area contributed by atoms with Gasteiger partial charge in [-0.1, -0.05) is 12.1 Å². The lowest BCUT2D eigenvalue weighted by Crippen LogP contribution is -2.48. The number of hydrogen-bond acceptors (Lipinski definition) is 4. The van der Waals surface area contributed by atoms with Crippen molar-refractivity contribution in [1.29, 1.82) is 0 Å². The zero-order valence-corrected chi connectivity index (χ0v) is 11.7. The number of nitrogens with one attached hydrogen (secondary N) is 2. The Labute approximate surface area is 118 Å². The molecular weight excluding hydrogens is 258 g/mol. The molecule has 0 saturated carbocycles. The number of likely N-dealkylation sites (N-methyl/N-ethyl adjacent to an activating group) is 2. The predicted octanol–water partition coefficient (Wildman–Crippen LogP) is 0.454. The van der Waals surface area contributed by atoms with E-state index in [-0.39, 0.29) is 18.4 Å². The predicted molar refractivity (Wildman–Crippen MR) is 75.7 cm³/mol. The molecule has 6 nitrogen and oxygen atoms in total. The van der Waals surface area contributed by atoms with Gasteiger partial charge in [0.2, 0.25) is 5.91 Å². The van der Waals surface area contributed by atoms with Crippen LogP contribution in [-0.2, 0) is 9.59 Å². The number of para-hydroxylation sites is 2. The first-order valence-corrected chi connectivity index (χ1v) is 6.63. The van der Waals surface area contributed by atoms with Crippen molar-refractivity contribution in [2.24, 2.45) is 0 Å². The summed E-state index contributed by atoms with van der Waals surface area (Å²) in [6.07, 6.45) is -0.607. The van der Waals surface area contributed by atoms with E-state index in [9.17, 15) is 9.59 Å². The van der Waals surface area contributed by atoms with Gasteiger partial charge in [0.15, 0.2) is 6.10 Å². The van der Waals surface area contributed by atoms with E-state index in [1.54, 1.807) is 7.05 Å². The van der Waals surface area contributed by atoms with E-state index in [0.29, 0.717) is 18.8 Å². The van der Waals surface area contributed by atoms with Crippen molar-refractivity contribution in [3.8, 4) is 5.75 Å². The fourth-order valence-electron chi connectivity index (χ4n) is 2.04. The average Bonchev–Trinajstić information content (AvgIpc) is 2.46. The van der Waals surface area contributed by atoms with Gasteiger partial charge in [-0.25, -0.2) is 0 Å². The van der Waals surface area contributed by atoms with Crippen LogP contribution in [0, 0.1) is 0 Å². The van der Waals surface area contributed by atoms with Gasteiger partial charge in [-0.2, -0.15) is 0 Å². The van der Waals surface area contributed by atoms with Gasteiger partial charge in [0.05, 0.1) is 18.8 Å². The third kappa shape index (κ3) is 3.20. The van der Waals surface area contributed by atoms with Gasteiger partial charge < -0.3 is 20.3 Å². The monoisotopic (exact) mass is 277 g/mol. The maximum absolute atomic E-state index is 12.2. The second-order valence-corrected chi connectivity index (χ2v) is 4.63. The molecule has 0 radical (unpaired) electrons. The minimum Gasteiger partial charge on any atom is -0.477 e. The smallest absolute Gasteiger partial charge is 0.265 e. The highest BCUT2D eigenvalue weighted by Gasteiger charge is 2.28. The quantitative estimate of drug-likeness (QED) is 0.838. The molecule has 0 bridgehead atoms. The van der Waals surface area contributed by atoms with Crippen LogP contribution in [0.25, 0.3) is 0 Å². The number of nitrogens with zero attached hydrogens (tertiary/aromatic N) is 1. The first-order valence-electron chi connectivity index (χ1n) is 6.63. The van der Waals surface area contributed by atoms with Gasteiger partial charge in [0.25, 0.3) is 5.91 Å². The molecule has 1 aromatic carbocycles. The van der Waals surface area contributed by atoms with Gasteiger partial charge in [-0.3, -0.25) is 9.59 Å². The molecule has 2 N–H and O–H groups in total. The molecule has 1 unspecified atom stereocenters. The van der Waals surface area contributed by atoms with E-state index in [1.165, 1.54) is 4.90 Å². The van der Waals surface area contributed by atoms with Crippen LogP contribution in [0.1, 0.15) is 6.92 Å². The van der Waals surface area contributed by atoms with Crippen molar-refractivity contribution < 1.29 is 14.3 Å². The molecule has 2 rings (SSSR count). The number of fused-ring (bicyclic) bond motifs is 1. The van der Waals surface area contributed by atoms with Crippen molar-refractivity contribution in [2.75, 3.05) is 32.0 Å². The van der Waals surface area contributed by atoms with Crippen LogP contribution in [0.3, 0.4) is 0 Å². The normalized spacial score (nSPS) is 16.4. The summed E-state index contributed by atoms with van der Waals surface area (Å²) in [4.78, 5) is 25.1. The van der Waals surface area contributed by atoms with E-state index in [4.69, 9.17) is 4.74 Å². The molecule has 0 fully saturated rings. The number of benzene rings is 1. The first-order chi connectivity index (χ1) is 9.61. The lowest BCUT2D eigenvalue weighted by Gasteiger charge is -2.29. The molecule has 0 aliphatic carbocycles. The summed E-state index contributed by atoms with van der Waals surface area (Å²) < 4.78 is 5.67. The topological polar surface area (TPSA) is 70.7 Å². The Hall–Kier alpha value is -2.24. The zero-order valence-electron chi connectivity index (χ0n) is 11.7. The fourth-order valence-corrected chi connectivity index (χ4v) is 2.04. The summed E-state index contributed by atoms with van der Waals surface area (Å²) in [6.45, 7) is 2.82. The molecule has 6 heteroatoms. The highest BCUT2D eigenvalue weighted by atomic mass is 16.5. The van der Waals surface area contributed by atoms with Crippen molar-refractivity contribution in [2.45, 2.75) is 13.0 Å². The minimum atomic E-state index is -0.607. The fraction of sp³-hybridized carbons (Fsp3) is 0.429. The Kier molecular flexibility index (Phi) is 4.45. The van der Waals surface area contributed by atoms with Crippen molar-refractivity contribution in [1.82, 2.24) is 10.2 Å². The Balaban J connectivity index is 1.95. The molecular formula is C14H19N3O3. The SMILES string of the molecule is CCNC(=O)CN(C)C(=O)C1CNc2ccccc2O1. The van der Waals surface area contributed by atoms with Crippen LogP contribution in [0.15, 0.2) is 24.3 Å². The second kappa shape index (κ2) is 6.27. The molecule has 2 amide bonds. The summed E-state index contributed by atoms with van der Waals surface area (Å²) in [5, 5.41) is 5.81. The third-order valence-corrected chi connectivity index (χ3v) is 3.04. The molecule has 0 saturated heterocycles. The van der Waals surface area contributed by atoms with Crippen LogP contribution in [0.4, 0.5) is 5.69 Å². The van der Waals surface area contributed by atoms with Gasteiger partial charge in [-0.05, 0) is 19.1 Å². The molecule has 108 valence electrons. The number of anilines is 1. The van der Waals surface area contributed by atoms with Crippen LogP contribution in [0.2, 0.25) is 0 Å². The van der Waals surface area contributed by atoms with E-state index in [2.05, 4.69) is 10.6 Å². The number of carbonyl (C=O) groups is 2. The maximum atomic E-state index is 12.2. The van der Waals surface area contributed by atoms with Gasteiger partial charge >= 0.3 is 0 Å². The van der Waals surface area contributed by atoms with Crippen molar-refractivity contribution in [3.63, 3.8) is 0 Å². The second-order valence-electron chi connectivity index (χ2n) is 4.63. The Bertz CT molecular complexity index is 504. The largest absolute Gasteiger partial charge is 0.477 e. The summed E-state index contributed by atoms with van der Waals surface area (Å²) >= 11 is 0. The molecule has 0 spiro atoms. The molecule has 1 aliphatic rings. The van der Waals surface area contributed by atoms with Gasteiger partial charge in [0, 0.05) is 13.6 Å². The Morgan fingerprint density at radius 1 is 1.45 bits per heavy atom. The van der Waals surface area contributed by atoms with Crippen LogP contribution in [0.5, 0.6) is 5.75 Å². The van der Waals surface area contributed by atoms with E-state index < -0.39 is 6.10 Å². The summed E-state index contributed by atoms with van der Waals surface area (Å²) in [5.41, 5.74) is 0.878. The van der Waals surface area contributed by atoms with E-state index in [1.807, 2.05) is 31.2 Å². The molecule has 0 aromatic heterocycles. The lowest BCUT2D eigenvalue weighted by atomic mass is 10.2. The van der Waals surface area contributed by atoms with Crippen molar-refractivity contribution >= 4 is 17.5 Å². The minimum absolute atomic E-state index is 0.0359. The summed E-state index contributed by atoms with van der Waals surface area (Å²) in [6, 6.07) is 7.46. The summed E-state index contributed by atoms with van der Waals surface area (Å²) in [7, 11) is 1.60. The summed E-state index contributed by atoms with van der Waals surface area (Å²) in [5.74, 6) is 0.272. The van der Waals surface area contributed by atoms with Gasteiger partial charge in [0.1, 0.15) is 5.75 Å². The van der Waals surface area contributed by atoms with E-state index in [0.717, 1.165) is 5.69 Å². The number of amides is 2. The standard InChI is InChI=1S/C14H19N3O3/c1-3-15-13(18)9-17(2)14(19)12-8-16-10-6-4-5-7-11(10)20-12/h4-7,12,16H,3,8-9H2,1-2H3,(H,15,18). The molecule has 1 aromatic rings. The zero-order chi connectivity index (χ0) is 14.5. The number of rotatable bonds is 4. The van der Waals surface area contributed by atoms with Gasteiger partial charge in [-0.15, -0.1) is 0 Å². The maximum Gasteiger partial charge on any atom is 0.265 e. The first kappa shape index (κ1) is 14.2. The van der Waals surface area contributed by atoms with Crippen LogP contribution in [-0.4, -0.2) is 49.5 Å². The highest BCUT2D eigenvalue weighted by Crippen LogP contribution is 2.28. The average molecular weight is 277 g/mol. The molecule has 1 aliphatic heterocycles. The lowest BCUT2D eigenvalue weighted by molar-refractivity contribution is -0.140. The van der Waals surface area contributed by atoms with E-state index >= 15 is 0 Å². The number of hydrogen-bond donors (Lipinski definition) is 2. The van der Waals surface area contributed by atoms with Crippen LogP contribution < -0.4 is 15.4 Å². The Morgan fingerprint density at radius 2 is 2.20 bits per heavy atom. The Morgan fingerprint density at radius 3 is 2.95 bits per heavy atom. The number of carbonyl (C=O) groups excluding carboxylic acids is 2. The highest BCUT2D eigenvalue weighted by molar-refractivity contribution is 5.87. The van der Waals surface area contributed by atoms with Crippen LogP contribution >= 0.6 is 0 Å². The molecule has 20 heavy (non-hydrogen) atoms. The molecule has 1 atom stereocenters.